The molecule has 6 nitrogen and oxygen atoms in total. The van der Waals surface area contributed by atoms with Crippen LogP contribution < -0.4 is 4.74 Å². The molecule has 166 valence electrons. The minimum absolute atomic E-state index is 0.0542. The number of hydrogen-bond acceptors (Lipinski definition) is 6. The van der Waals surface area contributed by atoms with E-state index in [2.05, 4.69) is 0 Å². The lowest BCUT2D eigenvalue weighted by Crippen LogP contribution is -2.36. The van der Waals surface area contributed by atoms with Crippen molar-refractivity contribution >= 4 is 17.7 Å². The summed E-state index contributed by atoms with van der Waals surface area (Å²) in [5.41, 5.74) is 1.16. The maximum Gasteiger partial charge on any atom is 0.321 e. The van der Waals surface area contributed by atoms with Crippen molar-refractivity contribution in [1.82, 2.24) is 0 Å². The number of hydrogen-bond donors (Lipinski definition) is 0. The van der Waals surface area contributed by atoms with Crippen LogP contribution in [0.15, 0.2) is 54.6 Å². The minimum Gasteiger partial charge on any atom is -0.497 e. The predicted molar refractivity (Wildman–Crippen MR) is 117 cm³/mol. The van der Waals surface area contributed by atoms with E-state index in [1.807, 2.05) is 6.07 Å². The Labute approximate surface area is 183 Å². The first-order valence-electron chi connectivity index (χ1n) is 10.4. The van der Waals surface area contributed by atoms with E-state index in [1.54, 1.807) is 83.3 Å². The molecule has 0 bridgehead atoms. The first kappa shape index (κ1) is 24.1. The topological polar surface area (TPSA) is 78.9 Å². The normalized spacial score (nSPS) is 12.0. The molecular weight excluding hydrogens is 396 g/mol. The molecule has 2 aromatic carbocycles. The Morgan fingerprint density at radius 2 is 1.29 bits per heavy atom. The van der Waals surface area contributed by atoms with Gasteiger partial charge in [-0.05, 0) is 57.5 Å². The lowest BCUT2D eigenvalue weighted by Gasteiger charge is -2.26. The van der Waals surface area contributed by atoms with Gasteiger partial charge in [0.25, 0.3) is 0 Å². The third-order valence-electron chi connectivity index (χ3n) is 4.66. The van der Waals surface area contributed by atoms with Crippen molar-refractivity contribution in [3.63, 3.8) is 0 Å². The number of carbonyl (C=O) groups is 3. The van der Waals surface area contributed by atoms with Crippen LogP contribution in [0.1, 0.15) is 56.0 Å². The fourth-order valence-electron chi connectivity index (χ4n) is 3.26. The number of esters is 2. The summed E-state index contributed by atoms with van der Waals surface area (Å²) < 4.78 is 15.9. The maximum atomic E-state index is 13.1. The van der Waals surface area contributed by atoms with E-state index >= 15 is 0 Å². The van der Waals surface area contributed by atoms with E-state index in [4.69, 9.17) is 14.2 Å². The smallest absolute Gasteiger partial charge is 0.321 e. The summed E-state index contributed by atoms with van der Waals surface area (Å²) in [5.74, 6) is -2.94. The zero-order chi connectivity index (χ0) is 23.0. The molecule has 0 N–H and O–H groups in total. The van der Waals surface area contributed by atoms with Crippen molar-refractivity contribution in [3.05, 3.63) is 65.7 Å². The average molecular weight is 427 g/mol. The highest BCUT2D eigenvalue weighted by Gasteiger charge is 2.40. The van der Waals surface area contributed by atoms with Crippen molar-refractivity contribution in [1.29, 1.82) is 0 Å². The van der Waals surface area contributed by atoms with Crippen LogP contribution in [0.25, 0.3) is 0 Å². The van der Waals surface area contributed by atoms with Gasteiger partial charge in [-0.1, -0.05) is 30.3 Å². The molecule has 2 rings (SSSR count). The summed E-state index contributed by atoms with van der Waals surface area (Å²) in [6, 6.07) is 15.8. The van der Waals surface area contributed by atoms with Crippen molar-refractivity contribution in [3.8, 4) is 5.75 Å². The second-order valence-corrected chi connectivity index (χ2v) is 7.82. The monoisotopic (exact) mass is 426 g/mol. The van der Waals surface area contributed by atoms with E-state index in [0.29, 0.717) is 16.9 Å². The van der Waals surface area contributed by atoms with Crippen LogP contribution in [-0.2, 0) is 19.1 Å². The molecule has 6 heteroatoms. The van der Waals surface area contributed by atoms with Gasteiger partial charge in [0.05, 0.1) is 19.3 Å². The zero-order valence-electron chi connectivity index (χ0n) is 18.7. The van der Waals surface area contributed by atoms with Crippen LogP contribution >= 0.6 is 0 Å². The molecule has 0 amide bonds. The highest BCUT2D eigenvalue weighted by molar-refractivity contribution is 6.00. The SMILES string of the molecule is COc1ccc(C(=O)C[C@H](c2ccccc2)C(C(=O)OC(C)C)C(=O)OC(C)C)cc1. The molecule has 0 spiro atoms. The second-order valence-electron chi connectivity index (χ2n) is 7.82. The van der Waals surface area contributed by atoms with E-state index in [9.17, 15) is 14.4 Å². The van der Waals surface area contributed by atoms with Crippen molar-refractivity contribution in [2.75, 3.05) is 7.11 Å². The molecule has 2 aromatic rings. The van der Waals surface area contributed by atoms with Crippen LogP contribution in [0.3, 0.4) is 0 Å². The van der Waals surface area contributed by atoms with Gasteiger partial charge >= 0.3 is 11.9 Å². The Kier molecular flexibility index (Phi) is 8.79. The van der Waals surface area contributed by atoms with Gasteiger partial charge in [0.15, 0.2) is 11.7 Å². The Balaban J connectivity index is 2.43. The standard InChI is InChI=1S/C25H30O6/c1-16(2)30-24(27)23(25(28)31-17(3)4)21(18-9-7-6-8-10-18)15-22(26)19-11-13-20(29-5)14-12-19/h6-14,16-17,21,23H,15H2,1-5H3/t21-/m1/s1. The van der Waals surface area contributed by atoms with Crippen LogP contribution in [0.4, 0.5) is 0 Å². The van der Waals surface area contributed by atoms with Crippen LogP contribution in [0.2, 0.25) is 0 Å². The van der Waals surface area contributed by atoms with E-state index in [-0.39, 0.29) is 12.2 Å². The number of benzene rings is 2. The summed E-state index contributed by atoms with van der Waals surface area (Å²) in [5, 5.41) is 0. The van der Waals surface area contributed by atoms with Gasteiger partial charge < -0.3 is 14.2 Å². The lowest BCUT2D eigenvalue weighted by atomic mass is 9.81. The average Bonchev–Trinajstić information content (AvgIpc) is 2.72. The summed E-state index contributed by atoms with van der Waals surface area (Å²) in [6.45, 7) is 6.84. The molecule has 31 heavy (non-hydrogen) atoms. The molecule has 0 saturated heterocycles. The van der Waals surface area contributed by atoms with Gasteiger partial charge in [-0.2, -0.15) is 0 Å². The van der Waals surface area contributed by atoms with Gasteiger partial charge in [-0.15, -0.1) is 0 Å². The third-order valence-corrected chi connectivity index (χ3v) is 4.66. The minimum atomic E-state index is -1.26. The molecular formula is C25H30O6. The predicted octanol–water partition coefficient (Wildman–Crippen LogP) is 4.57. The van der Waals surface area contributed by atoms with E-state index in [0.717, 1.165) is 0 Å². The molecule has 0 aliphatic rings. The van der Waals surface area contributed by atoms with Crippen LogP contribution in [-0.4, -0.2) is 37.0 Å². The Morgan fingerprint density at radius 3 is 1.74 bits per heavy atom. The van der Waals surface area contributed by atoms with Gasteiger partial charge in [0.2, 0.25) is 0 Å². The van der Waals surface area contributed by atoms with E-state index in [1.165, 1.54) is 0 Å². The van der Waals surface area contributed by atoms with E-state index < -0.39 is 36.0 Å². The van der Waals surface area contributed by atoms with Gasteiger partial charge in [0.1, 0.15) is 5.75 Å². The Morgan fingerprint density at radius 1 is 0.774 bits per heavy atom. The molecule has 0 saturated carbocycles. The van der Waals surface area contributed by atoms with Crippen LogP contribution in [0, 0.1) is 5.92 Å². The molecule has 1 atom stereocenters. The number of rotatable bonds is 10. The molecule has 0 radical (unpaired) electrons. The quantitative estimate of drug-likeness (QED) is 0.315. The van der Waals surface area contributed by atoms with Crippen molar-refractivity contribution in [2.45, 2.75) is 52.2 Å². The van der Waals surface area contributed by atoms with Crippen molar-refractivity contribution < 1.29 is 28.6 Å². The summed E-state index contributed by atoms with van der Waals surface area (Å²) in [6.07, 6.45) is -0.868. The van der Waals surface area contributed by atoms with Crippen molar-refractivity contribution in [2.24, 2.45) is 5.92 Å². The summed E-state index contributed by atoms with van der Waals surface area (Å²) >= 11 is 0. The Hall–Kier alpha value is -3.15. The lowest BCUT2D eigenvalue weighted by molar-refractivity contribution is -0.167. The molecule has 0 unspecified atom stereocenters. The third kappa shape index (κ3) is 6.95. The molecule has 0 fully saturated rings. The number of ether oxygens (including phenoxy) is 3. The molecule has 0 aliphatic heterocycles. The molecule has 0 aromatic heterocycles. The summed E-state index contributed by atoms with van der Waals surface area (Å²) in [4.78, 5) is 39.0. The highest BCUT2D eigenvalue weighted by Crippen LogP contribution is 2.32. The van der Waals surface area contributed by atoms with Crippen LogP contribution in [0.5, 0.6) is 5.75 Å². The van der Waals surface area contributed by atoms with Gasteiger partial charge in [0, 0.05) is 17.9 Å². The largest absolute Gasteiger partial charge is 0.497 e. The molecule has 0 heterocycles. The Bertz CT molecular complexity index is 849. The number of carbonyl (C=O) groups excluding carboxylic acids is 3. The fraction of sp³-hybridized carbons (Fsp3) is 0.400. The maximum absolute atomic E-state index is 13.1. The van der Waals surface area contributed by atoms with Gasteiger partial charge in [-0.25, -0.2) is 0 Å². The summed E-state index contributed by atoms with van der Waals surface area (Å²) in [7, 11) is 1.55. The first-order valence-corrected chi connectivity index (χ1v) is 10.4. The number of ketones is 1. The molecule has 0 aliphatic carbocycles. The highest BCUT2D eigenvalue weighted by atomic mass is 16.6. The fourth-order valence-corrected chi connectivity index (χ4v) is 3.26. The second kappa shape index (κ2) is 11.3. The number of Topliss-reactive ketones (excluding diaryl/α,β-unsaturated/α-hetero) is 1. The first-order chi connectivity index (χ1) is 14.7. The zero-order valence-corrected chi connectivity index (χ0v) is 18.7. The van der Waals surface area contributed by atoms with Gasteiger partial charge in [-0.3, -0.25) is 14.4 Å². The number of methoxy groups -OCH3 is 1.